The van der Waals surface area contributed by atoms with Crippen LogP contribution < -0.4 is 0 Å². The zero-order valence-electron chi connectivity index (χ0n) is 12.7. The van der Waals surface area contributed by atoms with Crippen molar-refractivity contribution in [2.75, 3.05) is 6.54 Å². The number of carboxylic acids is 1. The summed E-state index contributed by atoms with van der Waals surface area (Å²) in [5.74, 6) is -0.828. The summed E-state index contributed by atoms with van der Waals surface area (Å²) in [6, 6.07) is 7.68. The number of nitrogens with zero attached hydrogens (tertiary/aromatic N) is 1. The summed E-state index contributed by atoms with van der Waals surface area (Å²) >= 11 is 0. The van der Waals surface area contributed by atoms with Crippen LogP contribution in [0.3, 0.4) is 0 Å². The van der Waals surface area contributed by atoms with Crippen LogP contribution in [0.2, 0.25) is 0 Å². The van der Waals surface area contributed by atoms with Crippen LogP contribution in [0.1, 0.15) is 50.2 Å². The highest BCUT2D eigenvalue weighted by Gasteiger charge is 2.34. The fourth-order valence-electron chi connectivity index (χ4n) is 2.90. The van der Waals surface area contributed by atoms with Crippen molar-refractivity contribution in [1.82, 2.24) is 4.90 Å². The molecule has 0 bridgehead atoms. The maximum absolute atomic E-state index is 12.3. The number of hydrogen-bond acceptors (Lipinski definition) is 2. The van der Waals surface area contributed by atoms with Crippen LogP contribution in [-0.4, -0.2) is 34.5 Å². The monoisotopic (exact) mass is 289 g/mol. The molecule has 1 fully saturated rings. The SMILES string of the molecule is CCc1ccc(C(C)CC(=O)N2CCC[C@@H]2C(=O)O)cc1. The number of likely N-dealkylation sites (tertiary alicyclic amines) is 1. The van der Waals surface area contributed by atoms with Gasteiger partial charge in [0, 0.05) is 13.0 Å². The number of benzene rings is 1. The molecule has 1 heterocycles. The Morgan fingerprint density at radius 2 is 2.00 bits per heavy atom. The topological polar surface area (TPSA) is 57.6 Å². The van der Waals surface area contributed by atoms with Gasteiger partial charge in [0.25, 0.3) is 0 Å². The van der Waals surface area contributed by atoms with E-state index in [1.165, 1.54) is 10.5 Å². The summed E-state index contributed by atoms with van der Waals surface area (Å²) in [5.41, 5.74) is 2.41. The summed E-state index contributed by atoms with van der Waals surface area (Å²) in [6.45, 7) is 4.70. The molecule has 0 aliphatic carbocycles. The van der Waals surface area contributed by atoms with Gasteiger partial charge in [-0.1, -0.05) is 38.1 Å². The fourth-order valence-corrected chi connectivity index (χ4v) is 2.90. The van der Waals surface area contributed by atoms with E-state index in [0.29, 0.717) is 19.4 Å². The van der Waals surface area contributed by atoms with Gasteiger partial charge in [0.15, 0.2) is 0 Å². The van der Waals surface area contributed by atoms with Crippen LogP contribution in [-0.2, 0) is 16.0 Å². The summed E-state index contributed by atoms with van der Waals surface area (Å²) in [6.07, 6.45) is 2.72. The van der Waals surface area contributed by atoms with E-state index in [-0.39, 0.29) is 11.8 Å². The number of carboxylic acid groups (broad SMARTS) is 1. The Bertz CT molecular complexity index is 509. The first-order valence-corrected chi connectivity index (χ1v) is 7.64. The quantitative estimate of drug-likeness (QED) is 0.906. The van der Waals surface area contributed by atoms with E-state index in [4.69, 9.17) is 5.11 Å². The van der Waals surface area contributed by atoms with Gasteiger partial charge in [-0.05, 0) is 36.3 Å². The van der Waals surface area contributed by atoms with Gasteiger partial charge < -0.3 is 10.0 Å². The maximum atomic E-state index is 12.3. The molecule has 1 aliphatic rings. The molecule has 114 valence electrons. The molecule has 21 heavy (non-hydrogen) atoms. The first-order valence-electron chi connectivity index (χ1n) is 7.64. The summed E-state index contributed by atoms with van der Waals surface area (Å²) in [5, 5.41) is 9.15. The van der Waals surface area contributed by atoms with E-state index in [0.717, 1.165) is 18.4 Å². The van der Waals surface area contributed by atoms with Crippen LogP contribution in [0.25, 0.3) is 0 Å². The zero-order valence-corrected chi connectivity index (χ0v) is 12.7. The average Bonchev–Trinajstić information content (AvgIpc) is 2.97. The summed E-state index contributed by atoms with van der Waals surface area (Å²) in [4.78, 5) is 25.0. The average molecular weight is 289 g/mol. The van der Waals surface area contributed by atoms with E-state index in [1.807, 2.05) is 6.92 Å². The lowest BCUT2D eigenvalue weighted by molar-refractivity contribution is -0.148. The normalized spacial score (nSPS) is 19.5. The van der Waals surface area contributed by atoms with E-state index >= 15 is 0 Å². The third-order valence-electron chi connectivity index (χ3n) is 4.30. The Labute approximate surface area is 125 Å². The Kier molecular flexibility index (Phi) is 4.99. The van der Waals surface area contributed by atoms with Crippen molar-refractivity contribution in [2.45, 2.75) is 51.5 Å². The van der Waals surface area contributed by atoms with Crippen molar-refractivity contribution < 1.29 is 14.7 Å². The smallest absolute Gasteiger partial charge is 0.326 e. The van der Waals surface area contributed by atoms with Gasteiger partial charge in [-0.3, -0.25) is 4.79 Å². The molecule has 0 spiro atoms. The molecule has 1 N–H and O–H groups in total. The second-order valence-corrected chi connectivity index (χ2v) is 5.78. The van der Waals surface area contributed by atoms with Gasteiger partial charge in [-0.2, -0.15) is 0 Å². The molecule has 1 unspecified atom stereocenters. The molecule has 1 saturated heterocycles. The molecule has 1 aromatic rings. The Balaban J connectivity index is 1.99. The van der Waals surface area contributed by atoms with Gasteiger partial charge in [-0.15, -0.1) is 0 Å². The van der Waals surface area contributed by atoms with E-state index < -0.39 is 12.0 Å². The Morgan fingerprint density at radius 1 is 1.33 bits per heavy atom. The fraction of sp³-hybridized carbons (Fsp3) is 0.529. The third kappa shape index (κ3) is 3.63. The maximum Gasteiger partial charge on any atom is 0.326 e. The summed E-state index contributed by atoms with van der Waals surface area (Å²) in [7, 11) is 0. The predicted octanol–water partition coefficient (Wildman–Crippen LogP) is 2.82. The van der Waals surface area contributed by atoms with Crippen molar-refractivity contribution in [3.05, 3.63) is 35.4 Å². The second kappa shape index (κ2) is 6.74. The molecule has 1 aromatic carbocycles. The molecule has 2 atom stereocenters. The van der Waals surface area contributed by atoms with Crippen molar-refractivity contribution in [2.24, 2.45) is 0 Å². The number of amides is 1. The van der Waals surface area contributed by atoms with Crippen molar-refractivity contribution in [1.29, 1.82) is 0 Å². The van der Waals surface area contributed by atoms with Crippen LogP contribution in [0.5, 0.6) is 0 Å². The standard InChI is InChI=1S/C17H23NO3/c1-3-13-6-8-14(9-7-13)12(2)11-16(19)18-10-4-5-15(18)17(20)21/h6-9,12,15H,3-5,10-11H2,1-2H3,(H,20,21)/t12?,15-/m1/s1. The van der Waals surface area contributed by atoms with Gasteiger partial charge in [0.1, 0.15) is 6.04 Å². The molecule has 0 radical (unpaired) electrons. The van der Waals surface area contributed by atoms with Crippen LogP contribution >= 0.6 is 0 Å². The molecular weight excluding hydrogens is 266 g/mol. The molecule has 4 nitrogen and oxygen atoms in total. The zero-order chi connectivity index (χ0) is 15.4. The number of carbonyl (C=O) groups is 2. The van der Waals surface area contributed by atoms with Gasteiger partial charge >= 0.3 is 5.97 Å². The minimum absolute atomic E-state index is 0.0491. The number of aliphatic carboxylic acids is 1. The highest BCUT2D eigenvalue weighted by molar-refractivity contribution is 5.84. The lowest BCUT2D eigenvalue weighted by Crippen LogP contribution is -2.40. The van der Waals surface area contributed by atoms with Crippen LogP contribution in [0, 0.1) is 0 Å². The van der Waals surface area contributed by atoms with E-state index in [9.17, 15) is 9.59 Å². The number of rotatable bonds is 5. The molecule has 1 aliphatic heterocycles. The number of carbonyl (C=O) groups excluding carboxylic acids is 1. The largest absolute Gasteiger partial charge is 0.480 e. The Hall–Kier alpha value is -1.84. The minimum atomic E-state index is -0.888. The molecule has 2 rings (SSSR count). The first kappa shape index (κ1) is 15.5. The molecule has 1 amide bonds. The van der Waals surface area contributed by atoms with Crippen molar-refractivity contribution >= 4 is 11.9 Å². The molecular formula is C17H23NO3. The third-order valence-corrected chi connectivity index (χ3v) is 4.30. The lowest BCUT2D eigenvalue weighted by Gasteiger charge is -2.23. The minimum Gasteiger partial charge on any atom is -0.480 e. The van der Waals surface area contributed by atoms with E-state index in [1.54, 1.807) is 0 Å². The van der Waals surface area contributed by atoms with E-state index in [2.05, 4.69) is 31.2 Å². The molecule has 0 saturated carbocycles. The number of hydrogen-bond donors (Lipinski definition) is 1. The van der Waals surface area contributed by atoms with Crippen LogP contribution in [0.4, 0.5) is 0 Å². The van der Waals surface area contributed by atoms with Crippen molar-refractivity contribution in [3.8, 4) is 0 Å². The second-order valence-electron chi connectivity index (χ2n) is 5.78. The molecule has 0 aromatic heterocycles. The predicted molar refractivity (Wildman–Crippen MR) is 81.2 cm³/mol. The highest BCUT2D eigenvalue weighted by atomic mass is 16.4. The van der Waals surface area contributed by atoms with Gasteiger partial charge in [0.05, 0.1) is 0 Å². The summed E-state index contributed by atoms with van der Waals surface area (Å²) < 4.78 is 0. The lowest BCUT2D eigenvalue weighted by atomic mass is 9.95. The van der Waals surface area contributed by atoms with Gasteiger partial charge in [-0.25, -0.2) is 4.79 Å². The van der Waals surface area contributed by atoms with Gasteiger partial charge in [0.2, 0.25) is 5.91 Å². The van der Waals surface area contributed by atoms with Crippen LogP contribution in [0.15, 0.2) is 24.3 Å². The highest BCUT2D eigenvalue weighted by Crippen LogP contribution is 2.24. The first-order chi connectivity index (χ1) is 10.0. The Morgan fingerprint density at radius 3 is 2.57 bits per heavy atom. The van der Waals surface area contributed by atoms with Crippen molar-refractivity contribution in [3.63, 3.8) is 0 Å². The number of aryl methyl sites for hydroxylation is 1. The molecule has 4 heteroatoms.